The second kappa shape index (κ2) is 4.48. The van der Waals surface area contributed by atoms with Crippen molar-refractivity contribution in [3.63, 3.8) is 0 Å². The summed E-state index contributed by atoms with van der Waals surface area (Å²) in [5.74, 6) is 0.440. The fourth-order valence-electron chi connectivity index (χ4n) is 1.70. The maximum Gasteiger partial charge on any atom is 0.0934 e. The third-order valence-corrected chi connectivity index (χ3v) is 3.85. The van der Waals surface area contributed by atoms with Gasteiger partial charge in [-0.2, -0.15) is 0 Å². The molecular weight excluding hydrogens is 238 g/mol. The lowest BCUT2D eigenvalue weighted by molar-refractivity contribution is 0.870. The highest BCUT2D eigenvalue weighted by Crippen LogP contribution is 2.34. The minimum absolute atomic E-state index is 0.440. The van der Waals surface area contributed by atoms with Gasteiger partial charge in [0.25, 0.3) is 0 Å². The van der Waals surface area contributed by atoms with Gasteiger partial charge >= 0.3 is 0 Å². The fourth-order valence-corrected chi connectivity index (χ4v) is 2.74. The fraction of sp³-hybridized carbons (Fsp3) is 0.231. The van der Waals surface area contributed by atoms with Gasteiger partial charge in [-0.25, -0.2) is 0 Å². The van der Waals surface area contributed by atoms with Gasteiger partial charge in [0.1, 0.15) is 0 Å². The second-order valence-corrected chi connectivity index (χ2v) is 5.82. The zero-order chi connectivity index (χ0) is 11.7. The predicted octanol–water partition coefficient (Wildman–Crippen LogP) is 4.77. The Morgan fingerprint density at radius 2 is 1.94 bits per heavy atom. The molecule has 0 unspecified atom stereocenters. The number of thiophene rings is 1. The molecule has 0 aliphatic rings. The van der Waals surface area contributed by atoms with E-state index in [1.54, 1.807) is 11.3 Å². The minimum Gasteiger partial charge on any atom is -0.398 e. The van der Waals surface area contributed by atoms with Crippen LogP contribution in [0, 0.1) is 0 Å². The Balaban J connectivity index is 2.47. The zero-order valence-corrected chi connectivity index (χ0v) is 10.9. The Bertz CT molecular complexity index is 502. The SMILES string of the molecule is CC(C)c1cc(-c2ccc(Cl)s2)ccc1N. The van der Waals surface area contributed by atoms with Crippen LogP contribution >= 0.6 is 22.9 Å². The Kier molecular flexibility index (Phi) is 3.22. The van der Waals surface area contributed by atoms with E-state index in [2.05, 4.69) is 19.9 Å². The predicted molar refractivity (Wildman–Crippen MR) is 73.3 cm³/mol. The van der Waals surface area contributed by atoms with Crippen molar-refractivity contribution in [2.45, 2.75) is 19.8 Å². The number of nitrogens with two attached hydrogens (primary N) is 1. The van der Waals surface area contributed by atoms with E-state index in [4.69, 9.17) is 17.3 Å². The van der Waals surface area contributed by atoms with Crippen molar-refractivity contribution in [3.8, 4) is 10.4 Å². The van der Waals surface area contributed by atoms with Crippen LogP contribution in [0.15, 0.2) is 30.3 Å². The lowest BCUT2D eigenvalue weighted by Gasteiger charge is -2.10. The molecule has 2 N–H and O–H groups in total. The molecule has 0 saturated carbocycles. The number of benzene rings is 1. The summed E-state index contributed by atoms with van der Waals surface area (Å²) in [5, 5.41) is 0. The second-order valence-electron chi connectivity index (χ2n) is 4.10. The van der Waals surface area contributed by atoms with Crippen LogP contribution in [0.3, 0.4) is 0 Å². The highest BCUT2D eigenvalue weighted by molar-refractivity contribution is 7.19. The molecular formula is C13H14ClNS. The monoisotopic (exact) mass is 251 g/mol. The molecule has 0 bridgehead atoms. The Hall–Kier alpha value is -0.990. The molecule has 0 spiro atoms. The van der Waals surface area contributed by atoms with E-state index in [0.29, 0.717) is 5.92 Å². The zero-order valence-electron chi connectivity index (χ0n) is 9.33. The van der Waals surface area contributed by atoms with Crippen LogP contribution in [0.4, 0.5) is 5.69 Å². The van der Waals surface area contributed by atoms with Gasteiger partial charge in [0.15, 0.2) is 0 Å². The summed E-state index contributed by atoms with van der Waals surface area (Å²) in [4.78, 5) is 1.19. The summed E-state index contributed by atoms with van der Waals surface area (Å²) < 4.78 is 0.818. The molecule has 2 rings (SSSR count). The van der Waals surface area contributed by atoms with Gasteiger partial charge in [0.05, 0.1) is 4.34 Å². The lowest BCUT2D eigenvalue weighted by Crippen LogP contribution is -1.96. The average molecular weight is 252 g/mol. The van der Waals surface area contributed by atoms with E-state index in [1.165, 1.54) is 16.0 Å². The summed E-state index contributed by atoms with van der Waals surface area (Å²) in [6.45, 7) is 4.30. The molecule has 0 amide bonds. The van der Waals surface area contributed by atoms with Crippen LogP contribution in [-0.4, -0.2) is 0 Å². The third-order valence-electron chi connectivity index (χ3n) is 2.57. The van der Waals surface area contributed by atoms with Crippen molar-refractivity contribution in [3.05, 3.63) is 40.2 Å². The number of rotatable bonds is 2. The number of hydrogen-bond acceptors (Lipinski definition) is 2. The van der Waals surface area contributed by atoms with Gasteiger partial charge in [-0.1, -0.05) is 31.5 Å². The van der Waals surface area contributed by atoms with Crippen LogP contribution in [0.1, 0.15) is 25.3 Å². The first-order valence-electron chi connectivity index (χ1n) is 5.23. The average Bonchev–Trinajstić information content (AvgIpc) is 2.65. The topological polar surface area (TPSA) is 26.0 Å². The van der Waals surface area contributed by atoms with Gasteiger partial charge in [0.2, 0.25) is 0 Å². The van der Waals surface area contributed by atoms with Gasteiger partial charge in [-0.05, 0) is 41.3 Å². The smallest absolute Gasteiger partial charge is 0.0934 e. The number of hydrogen-bond donors (Lipinski definition) is 1. The molecule has 16 heavy (non-hydrogen) atoms. The number of halogens is 1. The van der Waals surface area contributed by atoms with Gasteiger partial charge in [-0.3, -0.25) is 0 Å². The van der Waals surface area contributed by atoms with Crippen molar-refractivity contribution < 1.29 is 0 Å². The van der Waals surface area contributed by atoms with Crippen LogP contribution < -0.4 is 5.73 Å². The van der Waals surface area contributed by atoms with Gasteiger partial charge in [0, 0.05) is 10.6 Å². The maximum atomic E-state index is 5.95. The lowest BCUT2D eigenvalue weighted by atomic mass is 9.98. The molecule has 0 aliphatic carbocycles. The van der Waals surface area contributed by atoms with Crippen molar-refractivity contribution in [1.29, 1.82) is 0 Å². The first kappa shape index (κ1) is 11.5. The standard InChI is InChI=1S/C13H14ClNS/c1-8(2)10-7-9(3-4-11(10)15)12-5-6-13(14)16-12/h3-8H,15H2,1-2H3. The Morgan fingerprint density at radius 3 is 2.50 bits per heavy atom. The van der Waals surface area contributed by atoms with E-state index in [9.17, 15) is 0 Å². The molecule has 1 aromatic carbocycles. The first-order valence-corrected chi connectivity index (χ1v) is 6.42. The molecule has 0 saturated heterocycles. The molecule has 84 valence electrons. The van der Waals surface area contributed by atoms with Crippen molar-refractivity contribution >= 4 is 28.6 Å². The molecule has 0 aliphatic heterocycles. The maximum absolute atomic E-state index is 5.95. The largest absolute Gasteiger partial charge is 0.398 e. The Labute approximate surface area is 105 Å². The van der Waals surface area contributed by atoms with Gasteiger partial charge < -0.3 is 5.73 Å². The molecule has 0 radical (unpaired) electrons. The van der Waals surface area contributed by atoms with Crippen molar-refractivity contribution in [1.82, 2.24) is 0 Å². The molecule has 1 heterocycles. The number of anilines is 1. The van der Waals surface area contributed by atoms with Crippen molar-refractivity contribution in [2.24, 2.45) is 0 Å². The first-order chi connectivity index (χ1) is 7.58. The molecule has 1 aromatic heterocycles. The van der Waals surface area contributed by atoms with E-state index in [-0.39, 0.29) is 0 Å². The van der Waals surface area contributed by atoms with Crippen molar-refractivity contribution in [2.75, 3.05) is 5.73 Å². The summed E-state index contributed by atoms with van der Waals surface area (Å²) in [6, 6.07) is 10.1. The van der Waals surface area contributed by atoms with Crippen LogP contribution in [-0.2, 0) is 0 Å². The summed E-state index contributed by atoms with van der Waals surface area (Å²) >= 11 is 7.53. The highest BCUT2D eigenvalue weighted by atomic mass is 35.5. The van der Waals surface area contributed by atoms with Crippen LogP contribution in [0.25, 0.3) is 10.4 Å². The number of nitrogen functional groups attached to an aromatic ring is 1. The van der Waals surface area contributed by atoms with E-state index >= 15 is 0 Å². The van der Waals surface area contributed by atoms with Crippen LogP contribution in [0.5, 0.6) is 0 Å². The quantitative estimate of drug-likeness (QED) is 0.764. The molecule has 1 nitrogen and oxygen atoms in total. The summed E-state index contributed by atoms with van der Waals surface area (Å²) in [7, 11) is 0. The van der Waals surface area contributed by atoms with E-state index < -0.39 is 0 Å². The van der Waals surface area contributed by atoms with E-state index in [1.807, 2.05) is 24.3 Å². The van der Waals surface area contributed by atoms with E-state index in [0.717, 1.165) is 10.0 Å². The Morgan fingerprint density at radius 1 is 1.19 bits per heavy atom. The third kappa shape index (κ3) is 2.23. The molecule has 2 aromatic rings. The normalized spacial score (nSPS) is 11.0. The summed E-state index contributed by atoms with van der Waals surface area (Å²) in [6.07, 6.45) is 0. The minimum atomic E-state index is 0.440. The van der Waals surface area contributed by atoms with Gasteiger partial charge in [-0.15, -0.1) is 11.3 Å². The molecule has 0 atom stereocenters. The molecule has 3 heteroatoms. The summed E-state index contributed by atoms with van der Waals surface area (Å²) in [5.41, 5.74) is 9.20. The highest BCUT2D eigenvalue weighted by Gasteiger charge is 2.07. The molecule has 0 fully saturated rings. The van der Waals surface area contributed by atoms with Crippen LogP contribution in [0.2, 0.25) is 4.34 Å².